The van der Waals surface area contributed by atoms with E-state index in [0.29, 0.717) is 71.6 Å². The summed E-state index contributed by atoms with van der Waals surface area (Å²) >= 11 is 7.78. The number of sulfone groups is 1. The van der Waals surface area contributed by atoms with Gasteiger partial charge in [0.1, 0.15) is 5.82 Å². The number of carbonyl (C=O) groups is 1. The second kappa shape index (κ2) is 19.9. The Morgan fingerprint density at radius 1 is 0.831 bits per heavy atom. The van der Waals surface area contributed by atoms with Gasteiger partial charge < -0.3 is 29.9 Å². The van der Waals surface area contributed by atoms with Gasteiger partial charge in [-0.3, -0.25) is 4.72 Å². The van der Waals surface area contributed by atoms with Gasteiger partial charge in [-0.1, -0.05) is 41.9 Å². The van der Waals surface area contributed by atoms with Gasteiger partial charge in [0.15, 0.2) is 9.84 Å². The maximum absolute atomic E-state index is 15.6. The first-order valence-electron chi connectivity index (χ1n) is 21.0. The van der Waals surface area contributed by atoms with Crippen molar-refractivity contribution in [2.45, 2.75) is 54.0 Å². The lowest BCUT2D eigenvalue weighted by molar-refractivity contribution is 0.0696. The molecule has 1 saturated heterocycles. The molecule has 17 heteroatoms. The quantitative estimate of drug-likeness (QED) is 0.0645. The van der Waals surface area contributed by atoms with E-state index in [9.17, 15) is 31.8 Å². The molecule has 5 aromatic carbocycles. The van der Waals surface area contributed by atoms with Crippen molar-refractivity contribution >= 4 is 71.9 Å². The molecular weight excluding hydrogens is 909 g/mol. The highest BCUT2D eigenvalue weighted by Gasteiger charge is 2.30. The number of carboxylic acid groups (broad SMARTS) is 1. The predicted molar refractivity (Wildman–Crippen MR) is 260 cm³/mol. The van der Waals surface area contributed by atoms with Crippen LogP contribution in [-0.4, -0.2) is 88.4 Å². The zero-order valence-corrected chi connectivity index (χ0v) is 39.5. The smallest absolute Gasteiger partial charge is 0.338 e. The van der Waals surface area contributed by atoms with Crippen LogP contribution >= 0.6 is 23.4 Å². The molecule has 6 aromatic rings. The first-order valence-corrected chi connectivity index (χ1v) is 25.7. The number of sulfonamides is 1. The van der Waals surface area contributed by atoms with E-state index in [1.807, 2.05) is 66.9 Å². The van der Waals surface area contributed by atoms with Crippen LogP contribution in [0.3, 0.4) is 0 Å². The van der Waals surface area contributed by atoms with E-state index in [1.54, 1.807) is 55.1 Å². The van der Waals surface area contributed by atoms with Crippen molar-refractivity contribution in [2.75, 3.05) is 64.6 Å². The average molecular weight is 961 g/mol. The Morgan fingerprint density at radius 3 is 2.08 bits per heavy atom. The van der Waals surface area contributed by atoms with Crippen LogP contribution in [0.5, 0.6) is 0 Å². The zero-order chi connectivity index (χ0) is 46.6. The number of aromatic carboxylic acids is 1. The van der Waals surface area contributed by atoms with Crippen LogP contribution in [0.1, 0.15) is 42.4 Å². The predicted octanol–water partition coefficient (Wildman–Crippen LogP) is 9.69. The molecule has 0 amide bonds. The number of thioether (sulfide) groups is 1. The van der Waals surface area contributed by atoms with Crippen LogP contribution < -0.4 is 19.8 Å². The molecule has 1 aromatic heterocycles. The van der Waals surface area contributed by atoms with Crippen molar-refractivity contribution in [3.8, 4) is 22.4 Å². The molecule has 0 spiro atoms. The fraction of sp³-hybridized carbons (Fsp3) is 0.271. The van der Waals surface area contributed by atoms with E-state index in [0.717, 1.165) is 28.5 Å². The van der Waals surface area contributed by atoms with Gasteiger partial charge >= 0.3 is 5.97 Å². The lowest BCUT2D eigenvalue weighted by Gasteiger charge is -2.37. The summed E-state index contributed by atoms with van der Waals surface area (Å²) in [5.74, 6) is -1.06. The Hall–Kier alpha value is -5.52. The second-order valence-corrected chi connectivity index (χ2v) is 21.4. The second-order valence-electron chi connectivity index (χ2n) is 16.2. The van der Waals surface area contributed by atoms with Crippen molar-refractivity contribution in [1.29, 1.82) is 0 Å². The van der Waals surface area contributed by atoms with Crippen molar-refractivity contribution in [3.05, 3.63) is 137 Å². The number of benzene rings is 5. The SMILES string of the molecule is Cc1c(C(=O)O)c(-c2cc(F)cc(N3CCN(c4ccc(NS(=O)(=O)c5ccc(NC(CCO)CSc6ccccc6)c(S(C)(=O)=O)c5)cc4)CC3)c2)c(-c2ccc(Cl)cc2)n1C(C)C. The van der Waals surface area contributed by atoms with E-state index in [-0.39, 0.29) is 45.4 Å². The highest BCUT2D eigenvalue weighted by Crippen LogP contribution is 2.43. The van der Waals surface area contributed by atoms with Crippen LogP contribution in [0.25, 0.3) is 22.4 Å². The number of anilines is 4. The van der Waals surface area contributed by atoms with Gasteiger partial charge in [0.2, 0.25) is 0 Å². The first kappa shape index (κ1) is 47.4. The first-order chi connectivity index (χ1) is 30.9. The fourth-order valence-electron chi connectivity index (χ4n) is 8.25. The summed E-state index contributed by atoms with van der Waals surface area (Å²) in [5, 5.41) is 24.0. The van der Waals surface area contributed by atoms with Gasteiger partial charge in [0.25, 0.3) is 10.0 Å². The Kier molecular flexibility index (Phi) is 14.5. The molecule has 0 aliphatic carbocycles. The molecule has 0 radical (unpaired) electrons. The number of aliphatic hydroxyl groups is 1. The molecule has 65 heavy (non-hydrogen) atoms. The maximum Gasteiger partial charge on any atom is 0.338 e. The molecule has 7 rings (SSSR count). The van der Waals surface area contributed by atoms with Gasteiger partial charge in [-0.15, -0.1) is 11.8 Å². The molecule has 1 aliphatic rings. The molecule has 1 aliphatic heterocycles. The summed E-state index contributed by atoms with van der Waals surface area (Å²) in [6.45, 7) is 7.79. The van der Waals surface area contributed by atoms with E-state index in [4.69, 9.17) is 11.6 Å². The number of aromatic nitrogens is 1. The standard InChI is InChI=1S/C48H51ClFN5O7S3/c1-31(2)55-32(3)45(48(57)58)46(47(55)33-10-12-35(49)13-11-33)34-26-36(50)28-40(27-34)54-23-21-53(22-24-54)39-16-14-37(15-17-39)52-65(61,62)42-18-19-43(44(29-42)64(4,59)60)51-38(20-25-56)30-63-41-8-6-5-7-9-41/h5-19,26-29,31,38,51-52,56H,20-25,30H2,1-4H3,(H,57,58). The summed E-state index contributed by atoms with van der Waals surface area (Å²) < 4.78 is 73.3. The summed E-state index contributed by atoms with van der Waals surface area (Å²) in [6, 6.07) is 31.9. The minimum absolute atomic E-state index is 0.0920. The number of nitrogens with zero attached hydrogens (tertiary/aromatic N) is 3. The maximum atomic E-state index is 15.6. The molecule has 1 atom stereocenters. The molecule has 12 nitrogen and oxygen atoms in total. The molecule has 0 saturated carbocycles. The molecule has 1 fully saturated rings. The topological polar surface area (TPSA) is 161 Å². The van der Waals surface area contributed by atoms with Crippen molar-refractivity contribution in [2.24, 2.45) is 0 Å². The van der Waals surface area contributed by atoms with Gasteiger partial charge in [0.05, 0.1) is 26.7 Å². The van der Waals surface area contributed by atoms with E-state index >= 15 is 4.39 Å². The Bertz CT molecular complexity index is 2890. The monoisotopic (exact) mass is 959 g/mol. The van der Waals surface area contributed by atoms with Crippen molar-refractivity contribution < 1.29 is 36.2 Å². The van der Waals surface area contributed by atoms with Gasteiger partial charge in [-0.2, -0.15) is 0 Å². The van der Waals surface area contributed by atoms with Crippen molar-refractivity contribution in [3.63, 3.8) is 0 Å². The molecule has 4 N–H and O–H groups in total. The number of halogens is 2. The lowest BCUT2D eigenvalue weighted by atomic mass is 9.96. The van der Waals surface area contributed by atoms with Crippen molar-refractivity contribution in [1.82, 2.24) is 4.57 Å². The number of hydrogen-bond acceptors (Lipinski definition) is 10. The fourth-order valence-corrected chi connectivity index (χ4v) is 11.4. The third-order valence-corrected chi connectivity index (χ3v) is 15.2. The van der Waals surface area contributed by atoms with Crippen LogP contribution in [0.4, 0.5) is 27.1 Å². The molecule has 1 unspecified atom stereocenters. The van der Waals surface area contributed by atoms with Gasteiger partial charge in [-0.25, -0.2) is 26.0 Å². The van der Waals surface area contributed by atoms with E-state index in [2.05, 4.69) is 19.8 Å². The highest BCUT2D eigenvalue weighted by molar-refractivity contribution is 7.99. The Labute approximate surface area is 389 Å². The summed E-state index contributed by atoms with van der Waals surface area (Å²) in [6.07, 6.45) is 1.37. The molecular formula is C48H51ClFN5O7S3. The summed E-state index contributed by atoms with van der Waals surface area (Å²) in [5.41, 5.74) is 4.96. The normalized spacial score (nSPS) is 13.8. The van der Waals surface area contributed by atoms with Gasteiger partial charge in [0, 0.05) is 95.1 Å². The number of nitrogens with one attached hydrogen (secondary N) is 2. The number of piperazine rings is 1. The molecule has 342 valence electrons. The lowest BCUT2D eigenvalue weighted by Crippen LogP contribution is -2.46. The molecule has 0 bridgehead atoms. The zero-order valence-electron chi connectivity index (χ0n) is 36.3. The van der Waals surface area contributed by atoms with Gasteiger partial charge in [-0.05, 0) is 123 Å². The summed E-state index contributed by atoms with van der Waals surface area (Å²) in [7, 11) is -8.08. The van der Waals surface area contributed by atoms with Crippen LogP contribution in [-0.2, 0) is 19.9 Å². The third kappa shape index (κ3) is 11.0. The van der Waals surface area contributed by atoms with Crippen LogP contribution in [0.15, 0.2) is 130 Å². The Morgan fingerprint density at radius 2 is 1.48 bits per heavy atom. The van der Waals surface area contributed by atoms with Crippen LogP contribution in [0, 0.1) is 12.7 Å². The summed E-state index contributed by atoms with van der Waals surface area (Å²) in [4.78, 5) is 17.6. The number of aliphatic hydroxyl groups excluding tert-OH is 1. The van der Waals surface area contributed by atoms with Crippen LogP contribution in [0.2, 0.25) is 5.02 Å². The number of hydrogen-bond donors (Lipinski definition) is 4. The van der Waals surface area contributed by atoms with E-state index < -0.39 is 31.6 Å². The number of carboxylic acids is 1. The van der Waals surface area contributed by atoms with E-state index in [1.165, 1.54) is 24.3 Å². The Balaban J connectivity index is 1.05. The minimum Gasteiger partial charge on any atom is -0.478 e. The highest BCUT2D eigenvalue weighted by atomic mass is 35.5. The molecule has 2 heterocycles. The third-order valence-electron chi connectivity index (χ3n) is 11.3. The largest absolute Gasteiger partial charge is 0.478 e. The average Bonchev–Trinajstić information content (AvgIpc) is 3.59. The minimum atomic E-state index is -4.21. The number of rotatable bonds is 17.